The smallest absolute Gasteiger partial charge is 0.365 e. The maximum absolute atomic E-state index is 12.8. The van der Waals surface area contributed by atoms with Crippen LogP contribution in [0, 0.1) is 0 Å². The van der Waals surface area contributed by atoms with E-state index in [4.69, 9.17) is 0 Å². The number of methoxy groups -OCH3 is 1. The number of likely N-dealkylation sites (tertiary alicyclic amines) is 1. The van der Waals surface area contributed by atoms with Gasteiger partial charge in [0, 0.05) is 13.5 Å². The van der Waals surface area contributed by atoms with E-state index < -0.39 is 30.9 Å². The van der Waals surface area contributed by atoms with Gasteiger partial charge in [0.05, 0.1) is 31.2 Å². The van der Waals surface area contributed by atoms with Gasteiger partial charge in [-0.15, -0.1) is 0 Å². The van der Waals surface area contributed by atoms with Gasteiger partial charge in [0.2, 0.25) is 0 Å². The monoisotopic (exact) mass is 304 g/mol. The molecule has 1 N–H and O–H groups in total. The number of rotatable bonds is 3. The van der Waals surface area contributed by atoms with Crippen LogP contribution >= 0.6 is 0 Å². The number of anilines is 1. The highest BCUT2D eigenvalue weighted by molar-refractivity contribution is 5.89. The summed E-state index contributed by atoms with van der Waals surface area (Å²) in [7, 11) is 0.986. The lowest BCUT2D eigenvalue weighted by Gasteiger charge is -2.48. The van der Waals surface area contributed by atoms with Gasteiger partial charge in [-0.2, -0.15) is 13.2 Å². The number of hydrogen-bond acceptors (Lipinski definition) is 4. The number of nitrogens with zero attached hydrogens (tertiary/aromatic N) is 3. The molecule has 0 radical (unpaired) electrons. The zero-order valence-corrected chi connectivity index (χ0v) is 11.6. The zero-order valence-electron chi connectivity index (χ0n) is 11.6. The van der Waals surface area contributed by atoms with Crippen LogP contribution in [0.2, 0.25) is 0 Å². The van der Waals surface area contributed by atoms with Crippen LogP contribution in [0.5, 0.6) is 0 Å². The molecule has 1 aliphatic heterocycles. The number of nitrogens with one attached hydrogen (secondary N) is 1. The summed E-state index contributed by atoms with van der Waals surface area (Å²) in [5.41, 5.74) is -1.94. The van der Waals surface area contributed by atoms with Crippen molar-refractivity contribution in [3.63, 3.8) is 0 Å². The number of alkyl halides is 3. The number of carbonyl (C=O) groups excluding carboxylic acids is 1. The molecule has 9 heteroatoms. The molecule has 0 spiro atoms. The van der Waals surface area contributed by atoms with Crippen LogP contribution in [0.3, 0.4) is 0 Å². The van der Waals surface area contributed by atoms with E-state index in [0.29, 0.717) is 17.9 Å². The van der Waals surface area contributed by atoms with Crippen molar-refractivity contribution in [1.82, 2.24) is 14.9 Å². The van der Waals surface area contributed by atoms with Crippen molar-refractivity contribution in [3.05, 3.63) is 18.2 Å². The van der Waals surface area contributed by atoms with Gasteiger partial charge < -0.3 is 15.0 Å². The Morgan fingerprint density at radius 3 is 2.43 bits per heavy atom. The van der Waals surface area contributed by atoms with E-state index in [9.17, 15) is 18.0 Å². The maximum atomic E-state index is 12.8. The summed E-state index contributed by atoms with van der Waals surface area (Å²) in [6.07, 6.45) is -1.03. The van der Waals surface area contributed by atoms with Gasteiger partial charge in [-0.1, -0.05) is 6.92 Å². The van der Waals surface area contributed by atoms with Gasteiger partial charge in [0.1, 0.15) is 5.82 Å². The van der Waals surface area contributed by atoms with Gasteiger partial charge in [-0.25, -0.2) is 14.8 Å². The number of carbonyl (C=O) groups is 1. The fourth-order valence-corrected chi connectivity index (χ4v) is 1.94. The molecule has 2 amide bonds. The largest absolute Gasteiger partial charge is 0.420 e. The van der Waals surface area contributed by atoms with Gasteiger partial charge >= 0.3 is 12.2 Å². The normalized spacial score (nSPS) is 17.3. The second-order valence-corrected chi connectivity index (χ2v) is 4.72. The quantitative estimate of drug-likeness (QED) is 0.925. The standard InChI is InChI=1S/C12H15F3N4O2/c1-3-9-16-4-8(5-17-9)18-10(20)19-6-11(7-19,21-2)12(13,14)15/h4-5H,3,6-7H2,1-2H3,(H,18,20). The van der Waals surface area contributed by atoms with Crippen LogP contribution in [0.4, 0.5) is 23.7 Å². The SMILES string of the molecule is CCc1ncc(NC(=O)N2CC(OC)(C(F)(F)F)C2)cn1. The zero-order chi connectivity index (χ0) is 15.7. The molecule has 0 aromatic carbocycles. The van der Waals surface area contributed by atoms with E-state index in [-0.39, 0.29) is 0 Å². The Morgan fingerprint density at radius 1 is 1.43 bits per heavy atom. The summed E-state index contributed by atoms with van der Waals surface area (Å²) in [5.74, 6) is 0.618. The third-order valence-corrected chi connectivity index (χ3v) is 3.36. The number of amides is 2. The molecule has 21 heavy (non-hydrogen) atoms. The highest BCUT2D eigenvalue weighted by Crippen LogP contribution is 2.40. The van der Waals surface area contributed by atoms with E-state index in [1.807, 2.05) is 6.92 Å². The van der Waals surface area contributed by atoms with Crippen LogP contribution in [0.25, 0.3) is 0 Å². The molecule has 1 aliphatic rings. The molecular weight excluding hydrogens is 289 g/mol. The Balaban J connectivity index is 1.94. The molecular formula is C12H15F3N4O2. The molecule has 0 saturated carbocycles. The molecule has 1 aromatic heterocycles. The average molecular weight is 304 g/mol. The number of aromatic nitrogens is 2. The third-order valence-electron chi connectivity index (χ3n) is 3.36. The lowest BCUT2D eigenvalue weighted by molar-refractivity contribution is -0.303. The van der Waals surface area contributed by atoms with E-state index in [1.165, 1.54) is 12.4 Å². The molecule has 116 valence electrons. The van der Waals surface area contributed by atoms with Crippen molar-refractivity contribution >= 4 is 11.7 Å². The molecule has 1 aromatic rings. The number of hydrogen-bond donors (Lipinski definition) is 1. The summed E-state index contributed by atoms with van der Waals surface area (Å²) in [5, 5.41) is 2.45. The molecule has 2 rings (SSSR count). The van der Waals surface area contributed by atoms with Crippen molar-refractivity contribution in [1.29, 1.82) is 0 Å². The fourth-order valence-electron chi connectivity index (χ4n) is 1.94. The van der Waals surface area contributed by atoms with Crippen LogP contribution in [-0.2, 0) is 11.2 Å². The van der Waals surface area contributed by atoms with Crippen LogP contribution in [0.15, 0.2) is 12.4 Å². The molecule has 6 nitrogen and oxygen atoms in total. The Bertz CT molecular complexity index is 512. The van der Waals surface area contributed by atoms with Gasteiger partial charge in [0.15, 0.2) is 5.60 Å². The second-order valence-electron chi connectivity index (χ2n) is 4.72. The highest BCUT2D eigenvalue weighted by Gasteiger charge is 2.63. The van der Waals surface area contributed by atoms with E-state index >= 15 is 0 Å². The first-order chi connectivity index (χ1) is 9.81. The topological polar surface area (TPSA) is 67.4 Å². The number of aryl methyl sites for hydroxylation is 1. The van der Waals surface area contributed by atoms with Crippen molar-refractivity contribution in [2.24, 2.45) is 0 Å². The molecule has 0 aliphatic carbocycles. The molecule has 2 heterocycles. The van der Waals surface area contributed by atoms with Gasteiger partial charge in [0.25, 0.3) is 0 Å². The van der Waals surface area contributed by atoms with Crippen LogP contribution in [0.1, 0.15) is 12.7 Å². The summed E-state index contributed by atoms with van der Waals surface area (Å²) in [6.45, 7) is 0.814. The third kappa shape index (κ3) is 2.92. The van der Waals surface area contributed by atoms with Crippen LogP contribution in [-0.4, -0.2) is 52.9 Å². The number of urea groups is 1. The maximum Gasteiger partial charge on any atom is 0.420 e. The van der Waals surface area contributed by atoms with Gasteiger partial charge in [-0.3, -0.25) is 0 Å². The van der Waals surface area contributed by atoms with Crippen LogP contribution < -0.4 is 5.32 Å². The van der Waals surface area contributed by atoms with E-state index in [2.05, 4.69) is 20.0 Å². The predicted molar refractivity (Wildman–Crippen MR) is 67.8 cm³/mol. The summed E-state index contributed by atoms with van der Waals surface area (Å²) in [6, 6.07) is -0.639. The van der Waals surface area contributed by atoms with Crippen molar-refractivity contribution in [3.8, 4) is 0 Å². The van der Waals surface area contributed by atoms with E-state index in [1.54, 1.807) is 0 Å². The molecule has 1 saturated heterocycles. The Hall–Kier alpha value is -1.90. The summed E-state index contributed by atoms with van der Waals surface area (Å²) in [4.78, 5) is 20.8. The lowest BCUT2D eigenvalue weighted by Crippen LogP contribution is -2.71. The fraction of sp³-hybridized carbons (Fsp3) is 0.583. The Kier molecular flexibility index (Phi) is 4.04. The average Bonchev–Trinajstić information content (AvgIpc) is 2.37. The minimum atomic E-state index is -4.51. The minimum Gasteiger partial charge on any atom is -0.365 e. The molecule has 0 bridgehead atoms. The minimum absolute atomic E-state index is 0.333. The second kappa shape index (κ2) is 5.47. The van der Waals surface area contributed by atoms with Crippen molar-refractivity contribution in [2.75, 3.05) is 25.5 Å². The number of ether oxygens (including phenoxy) is 1. The Morgan fingerprint density at radius 2 is 2.00 bits per heavy atom. The molecule has 0 unspecified atom stereocenters. The summed E-state index contributed by atoms with van der Waals surface area (Å²) < 4.78 is 42.9. The summed E-state index contributed by atoms with van der Waals surface area (Å²) >= 11 is 0. The first-order valence-corrected chi connectivity index (χ1v) is 6.30. The molecule has 0 atom stereocenters. The number of halogens is 3. The predicted octanol–water partition coefficient (Wildman–Crippen LogP) is 1.83. The highest BCUT2D eigenvalue weighted by atomic mass is 19.4. The van der Waals surface area contributed by atoms with Crippen molar-refractivity contribution < 1.29 is 22.7 Å². The molecule has 1 fully saturated rings. The van der Waals surface area contributed by atoms with Crippen molar-refractivity contribution in [2.45, 2.75) is 25.1 Å². The Labute approximate surface area is 119 Å². The van der Waals surface area contributed by atoms with E-state index in [0.717, 1.165) is 12.0 Å². The lowest BCUT2D eigenvalue weighted by atomic mass is 9.93. The van der Waals surface area contributed by atoms with Gasteiger partial charge in [-0.05, 0) is 0 Å². The first-order valence-electron chi connectivity index (χ1n) is 6.30. The first kappa shape index (κ1) is 15.5.